The summed E-state index contributed by atoms with van der Waals surface area (Å²) in [7, 11) is 0. The topological polar surface area (TPSA) is 12.0 Å². The fourth-order valence-electron chi connectivity index (χ4n) is 2.21. The second-order valence-electron chi connectivity index (χ2n) is 4.84. The van der Waals surface area contributed by atoms with Gasteiger partial charge < -0.3 is 5.32 Å². The summed E-state index contributed by atoms with van der Waals surface area (Å²) in [6.07, 6.45) is 2.59. The molecule has 1 aromatic heterocycles. The van der Waals surface area contributed by atoms with Gasteiger partial charge in [0.2, 0.25) is 0 Å². The van der Waals surface area contributed by atoms with Gasteiger partial charge in [0, 0.05) is 11.6 Å². The molecule has 4 heteroatoms. The van der Waals surface area contributed by atoms with Gasteiger partial charge in [-0.3, -0.25) is 0 Å². The van der Waals surface area contributed by atoms with Crippen LogP contribution in [0, 0.1) is 11.6 Å². The van der Waals surface area contributed by atoms with Gasteiger partial charge in [-0.15, -0.1) is 0 Å². The molecule has 1 unspecified atom stereocenters. The van der Waals surface area contributed by atoms with Crippen LogP contribution in [-0.4, -0.2) is 6.54 Å². The van der Waals surface area contributed by atoms with Gasteiger partial charge in [0.15, 0.2) is 0 Å². The van der Waals surface area contributed by atoms with Crippen LogP contribution in [0.25, 0.3) is 0 Å². The zero-order valence-corrected chi connectivity index (χ0v) is 12.4. The SMILES string of the molecule is CCCNC(CCc1ccsc1)c1cc(F)ccc1F. The Bertz CT molecular complexity index is 525. The van der Waals surface area contributed by atoms with E-state index in [1.807, 2.05) is 5.38 Å². The number of hydrogen-bond acceptors (Lipinski definition) is 2. The van der Waals surface area contributed by atoms with E-state index in [-0.39, 0.29) is 17.7 Å². The van der Waals surface area contributed by atoms with Gasteiger partial charge >= 0.3 is 0 Å². The fraction of sp³-hybridized carbons (Fsp3) is 0.375. The van der Waals surface area contributed by atoms with E-state index in [4.69, 9.17) is 0 Å². The molecule has 0 aliphatic carbocycles. The van der Waals surface area contributed by atoms with Crippen molar-refractivity contribution in [3.8, 4) is 0 Å². The largest absolute Gasteiger partial charge is 0.310 e. The van der Waals surface area contributed by atoms with E-state index < -0.39 is 0 Å². The van der Waals surface area contributed by atoms with Crippen molar-refractivity contribution in [2.45, 2.75) is 32.2 Å². The van der Waals surface area contributed by atoms with Crippen LogP contribution in [0.2, 0.25) is 0 Å². The molecule has 0 fully saturated rings. The highest BCUT2D eigenvalue weighted by molar-refractivity contribution is 7.07. The molecule has 20 heavy (non-hydrogen) atoms. The van der Waals surface area contributed by atoms with Crippen LogP contribution in [-0.2, 0) is 6.42 Å². The summed E-state index contributed by atoms with van der Waals surface area (Å²) in [6, 6.07) is 5.59. The predicted molar refractivity (Wildman–Crippen MR) is 80.0 cm³/mol. The molecule has 108 valence electrons. The third-order valence-electron chi connectivity index (χ3n) is 3.28. The third kappa shape index (κ3) is 4.12. The quantitative estimate of drug-likeness (QED) is 0.780. The van der Waals surface area contributed by atoms with Crippen molar-refractivity contribution >= 4 is 11.3 Å². The molecule has 0 bridgehead atoms. The second-order valence-corrected chi connectivity index (χ2v) is 5.62. The van der Waals surface area contributed by atoms with Gasteiger partial charge in [0.1, 0.15) is 11.6 Å². The van der Waals surface area contributed by atoms with Crippen LogP contribution >= 0.6 is 11.3 Å². The Hall–Kier alpha value is -1.26. The zero-order valence-electron chi connectivity index (χ0n) is 11.5. The summed E-state index contributed by atoms with van der Waals surface area (Å²) in [4.78, 5) is 0. The molecule has 0 radical (unpaired) electrons. The Morgan fingerprint density at radius 2 is 2.10 bits per heavy atom. The first-order valence-corrected chi connectivity index (χ1v) is 7.84. The molecule has 1 nitrogen and oxygen atoms in total. The molecule has 0 saturated heterocycles. The number of halogens is 2. The van der Waals surface area contributed by atoms with E-state index in [0.717, 1.165) is 31.9 Å². The standard InChI is InChI=1S/C16H19F2NS/c1-2-8-19-16(6-3-12-7-9-20-11-12)14-10-13(17)4-5-15(14)18/h4-5,7,9-11,16,19H,2-3,6,8H2,1H3. The van der Waals surface area contributed by atoms with Crippen molar-refractivity contribution in [1.82, 2.24) is 5.32 Å². The minimum atomic E-state index is -0.389. The molecule has 1 heterocycles. The van der Waals surface area contributed by atoms with Crippen molar-refractivity contribution in [3.63, 3.8) is 0 Å². The molecule has 0 saturated carbocycles. The molecule has 0 aliphatic heterocycles. The lowest BCUT2D eigenvalue weighted by Gasteiger charge is -2.19. The highest BCUT2D eigenvalue weighted by atomic mass is 32.1. The van der Waals surface area contributed by atoms with Crippen LogP contribution in [0.1, 0.15) is 36.9 Å². The molecule has 0 amide bonds. The van der Waals surface area contributed by atoms with Crippen LogP contribution in [0.5, 0.6) is 0 Å². The van der Waals surface area contributed by atoms with E-state index in [1.54, 1.807) is 11.3 Å². The first-order chi connectivity index (χ1) is 9.70. The maximum Gasteiger partial charge on any atom is 0.128 e. The first-order valence-electron chi connectivity index (χ1n) is 6.90. The summed E-state index contributed by atoms with van der Waals surface area (Å²) >= 11 is 1.66. The lowest BCUT2D eigenvalue weighted by molar-refractivity contribution is 0.469. The van der Waals surface area contributed by atoms with Crippen LogP contribution in [0.4, 0.5) is 8.78 Å². The highest BCUT2D eigenvalue weighted by Gasteiger charge is 2.16. The number of benzene rings is 1. The van der Waals surface area contributed by atoms with Crippen LogP contribution < -0.4 is 5.32 Å². The Morgan fingerprint density at radius 3 is 2.80 bits per heavy atom. The normalized spacial score (nSPS) is 12.6. The molecule has 1 N–H and O–H groups in total. The molecule has 2 aromatic rings. The van der Waals surface area contributed by atoms with E-state index in [9.17, 15) is 8.78 Å². The number of aryl methyl sites for hydroxylation is 1. The molecule has 1 aromatic carbocycles. The molecule has 0 spiro atoms. The smallest absolute Gasteiger partial charge is 0.128 e. The van der Waals surface area contributed by atoms with Gasteiger partial charge in [0.25, 0.3) is 0 Å². The fourth-order valence-corrected chi connectivity index (χ4v) is 2.92. The number of hydrogen-bond donors (Lipinski definition) is 1. The summed E-state index contributed by atoms with van der Waals surface area (Å²) in [5, 5.41) is 7.44. The lowest BCUT2D eigenvalue weighted by atomic mass is 9.99. The third-order valence-corrected chi connectivity index (χ3v) is 4.01. The molecular formula is C16H19F2NS. The van der Waals surface area contributed by atoms with Gasteiger partial charge in [-0.05, 0) is 66.4 Å². The molecule has 1 atom stereocenters. The Balaban J connectivity index is 2.11. The summed E-state index contributed by atoms with van der Waals surface area (Å²) in [6.45, 7) is 2.86. The van der Waals surface area contributed by atoms with Crippen molar-refractivity contribution in [3.05, 3.63) is 57.8 Å². The van der Waals surface area contributed by atoms with E-state index in [1.165, 1.54) is 17.7 Å². The highest BCUT2D eigenvalue weighted by Crippen LogP contribution is 2.23. The van der Waals surface area contributed by atoms with Crippen molar-refractivity contribution < 1.29 is 8.78 Å². The average Bonchev–Trinajstić information content (AvgIpc) is 2.95. The van der Waals surface area contributed by atoms with Crippen LogP contribution in [0.15, 0.2) is 35.0 Å². The number of rotatable bonds is 7. The van der Waals surface area contributed by atoms with Gasteiger partial charge in [-0.25, -0.2) is 8.78 Å². The zero-order chi connectivity index (χ0) is 14.4. The predicted octanol–water partition coefficient (Wildman–Crippen LogP) is 4.70. The monoisotopic (exact) mass is 295 g/mol. The molecule has 2 rings (SSSR count). The number of thiophene rings is 1. The molecular weight excluding hydrogens is 276 g/mol. The van der Waals surface area contributed by atoms with Gasteiger partial charge in [-0.2, -0.15) is 11.3 Å². The van der Waals surface area contributed by atoms with E-state index >= 15 is 0 Å². The average molecular weight is 295 g/mol. The Kier molecular flexibility index (Phi) is 5.68. The van der Waals surface area contributed by atoms with Crippen molar-refractivity contribution in [2.24, 2.45) is 0 Å². The maximum atomic E-state index is 13.9. The van der Waals surface area contributed by atoms with Gasteiger partial charge in [0.05, 0.1) is 0 Å². The van der Waals surface area contributed by atoms with Crippen molar-refractivity contribution in [1.29, 1.82) is 0 Å². The van der Waals surface area contributed by atoms with Gasteiger partial charge in [-0.1, -0.05) is 6.92 Å². The maximum absolute atomic E-state index is 13.9. The van der Waals surface area contributed by atoms with Crippen molar-refractivity contribution in [2.75, 3.05) is 6.54 Å². The lowest BCUT2D eigenvalue weighted by Crippen LogP contribution is -2.23. The minimum Gasteiger partial charge on any atom is -0.310 e. The number of nitrogens with one attached hydrogen (secondary N) is 1. The summed E-state index contributed by atoms with van der Waals surface area (Å²) < 4.78 is 27.3. The second kappa shape index (κ2) is 7.50. The minimum absolute atomic E-state index is 0.148. The first kappa shape index (κ1) is 15.1. The Morgan fingerprint density at radius 1 is 1.25 bits per heavy atom. The summed E-state index contributed by atoms with van der Waals surface area (Å²) in [5.74, 6) is -0.731. The van der Waals surface area contributed by atoms with E-state index in [0.29, 0.717) is 5.56 Å². The summed E-state index contributed by atoms with van der Waals surface area (Å²) in [5.41, 5.74) is 1.67. The van der Waals surface area contributed by atoms with Crippen LogP contribution in [0.3, 0.4) is 0 Å². The Labute approximate surface area is 122 Å². The van der Waals surface area contributed by atoms with E-state index in [2.05, 4.69) is 23.7 Å². The molecule has 0 aliphatic rings.